The summed E-state index contributed by atoms with van der Waals surface area (Å²) in [6, 6.07) is 12.3. The molecule has 92 valence electrons. The van der Waals surface area contributed by atoms with E-state index >= 15 is 0 Å². The predicted molar refractivity (Wildman–Crippen MR) is 68.6 cm³/mol. The third-order valence-electron chi connectivity index (χ3n) is 2.36. The van der Waals surface area contributed by atoms with Crippen molar-refractivity contribution in [1.82, 2.24) is 0 Å². The molecule has 0 spiro atoms. The van der Waals surface area contributed by atoms with E-state index in [1.807, 2.05) is 0 Å². The monoisotopic (exact) mass is 262 g/mol. The molecule has 0 saturated carbocycles. The zero-order valence-corrected chi connectivity index (χ0v) is 10.1. The minimum atomic E-state index is -1.35. The lowest BCUT2D eigenvalue weighted by Gasteiger charge is -2.02. The molecule has 18 heavy (non-hydrogen) atoms. The topological polar surface area (TPSA) is 86.2 Å². The number of nitrogens with two attached hydrogens (primary N) is 1. The maximum atomic E-state index is 12.1. The van der Waals surface area contributed by atoms with Crippen LogP contribution in [0.3, 0.4) is 0 Å². The Morgan fingerprint density at radius 1 is 0.944 bits per heavy atom. The molecule has 0 radical (unpaired) electrons. The van der Waals surface area contributed by atoms with Gasteiger partial charge in [0.05, 0.1) is 15.7 Å². The van der Waals surface area contributed by atoms with E-state index in [2.05, 4.69) is 0 Å². The Bertz CT molecular complexity index is 594. The average Bonchev–Trinajstić information content (AvgIpc) is 2.39. The number of hydrogen-bond acceptors (Lipinski definition) is 4. The zero-order chi connectivity index (χ0) is 13.1. The summed E-state index contributed by atoms with van der Waals surface area (Å²) >= 11 is 0. The molecule has 5 nitrogen and oxygen atoms in total. The van der Waals surface area contributed by atoms with Crippen molar-refractivity contribution < 1.29 is 9.13 Å². The Kier molecular flexibility index (Phi) is 3.38. The Morgan fingerprint density at radius 3 is 1.83 bits per heavy atom. The van der Waals surface area contributed by atoms with Gasteiger partial charge in [0, 0.05) is 27.6 Å². The second-order valence-electron chi connectivity index (χ2n) is 3.59. The third kappa shape index (κ3) is 2.54. The molecule has 0 saturated heterocycles. The highest BCUT2D eigenvalue weighted by Crippen LogP contribution is 2.20. The van der Waals surface area contributed by atoms with Gasteiger partial charge in [0.1, 0.15) is 0 Å². The highest BCUT2D eigenvalue weighted by molar-refractivity contribution is 7.85. The van der Waals surface area contributed by atoms with Crippen LogP contribution in [-0.4, -0.2) is 9.13 Å². The van der Waals surface area contributed by atoms with Crippen LogP contribution in [0.4, 0.5) is 11.4 Å². The van der Waals surface area contributed by atoms with Crippen LogP contribution in [-0.2, 0) is 10.8 Å². The Labute approximate surface area is 106 Å². The van der Waals surface area contributed by atoms with Crippen molar-refractivity contribution in [1.29, 1.82) is 0 Å². The van der Waals surface area contributed by atoms with Crippen molar-refractivity contribution in [3.05, 3.63) is 58.6 Å². The molecule has 2 rings (SSSR count). The second-order valence-corrected chi connectivity index (χ2v) is 5.07. The minimum Gasteiger partial charge on any atom is -0.399 e. The van der Waals surface area contributed by atoms with Gasteiger partial charge in [-0.2, -0.15) is 0 Å². The fourth-order valence-electron chi connectivity index (χ4n) is 1.42. The summed E-state index contributed by atoms with van der Waals surface area (Å²) in [5, 5.41) is 10.5. The van der Waals surface area contributed by atoms with E-state index in [9.17, 15) is 14.3 Å². The molecular formula is C12H10N2O3S. The summed E-state index contributed by atoms with van der Waals surface area (Å²) < 4.78 is 12.1. The first-order valence-electron chi connectivity index (χ1n) is 5.10. The molecule has 0 fully saturated rings. The van der Waals surface area contributed by atoms with Crippen LogP contribution in [0.1, 0.15) is 0 Å². The van der Waals surface area contributed by atoms with Crippen molar-refractivity contribution >= 4 is 22.2 Å². The molecule has 0 aromatic heterocycles. The van der Waals surface area contributed by atoms with Crippen LogP contribution < -0.4 is 5.73 Å². The lowest BCUT2D eigenvalue weighted by Crippen LogP contribution is -1.94. The van der Waals surface area contributed by atoms with Crippen LogP contribution in [0.25, 0.3) is 0 Å². The summed E-state index contributed by atoms with van der Waals surface area (Å²) in [5.41, 5.74) is 6.12. The van der Waals surface area contributed by atoms with Gasteiger partial charge in [-0.15, -0.1) is 0 Å². The highest BCUT2D eigenvalue weighted by atomic mass is 32.2. The zero-order valence-electron chi connectivity index (χ0n) is 9.28. The SMILES string of the molecule is Nc1ccc([S@@](=O)c2ccc([N+](=O)[O-])cc2)cc1. The Morgan fingerprint density at radius 2 is 1.39 bits per heavy atom. The van der Waals surface area contributed by atoms with Crippen molar-refractivity contribution in [3.63, 3.8) is 0 Å². The minimum absolute atomic E-state index is 0.0203. The van der Waals surface area contributed by atoms with Crippen LogP contribution in [0, 0.1) is 10.1 Å². The number of nitrogens with zero attached hydrogens (tertiary/aromatic N) is 1. The molecule has 1 atom stereocenters. The smallest absolute Gasteiger partial charge is 0.269 e. The van der Waals surface area contributed by atoms with E-state index < -0.39 is 15.7 Å². The molecule has 6 heteroatoms. The van der Waals surface area contributed by atoms with Gasteiger partial charge < -0.3 is 5.73 Å². The number of benzene rings is 2. The van der Waals surface area contributed by atoms with Crippen molar-refractivity contribution in [2.24, 2.45) is 0 Å². The summed E-state index contributed by atoms with van der Waals surface area (Å²) in [7, 11) is -1.35. The molecule has 2 aromatic rings. The number of rotatable bonds is 3. The lowest BCUT2D eigenvalue weighted by atomic mass is 10.3. The van der Waals surface area contributed by atoms with E-state index in [1.165, 1.54) is 24.3 Å². The first-order chi connectivity index (χ1) is 8.58. The van der Waals surface area contributed by atoms with E-state index in [0.717, 1.165) is 0 Å². The molecule has 2 N–H and O–H groups in total. The number of nitro benzene ring substituents is 1. The van der Waals surface area contributed by atoms with Gasteiger partial charge in [0.25, 0.3) is 5.69 Å². The van der Waals surface area contributed by atoms with Crippen LogP contribution in [0.2, 0.25) is 0 Å². The summed E-state index contributed by atoms with van der Waals surface area (Å²) in [4.78, 5) is 11.1. The highest BCUT2D eigenvalue weighted by Gasteiger charge is 2.09. The number of hydrogen-bond donors (Lipinski definition) is 1. The number of non-ortho nitro benzene ring substituents is 1. The fourth-order valence-corrected chi connectivity index (χ4v) is 2.46. The molecule has 0 aliphatic rings. The molecule has 0 heterocycles. The van der Waals surface area contributed by atoms with Crippen LogP contribution in [0.15, 0.2) is 58.3 Å². The number of nitrogen functional groups attached to an aromatic ring is 1. The average molecular weight is 262 g/mol. The molecule has 0 aliphatic carbocycles. The summed E-state index contributed by atoms with van der Waals surface area (Å²) in [6.45, 7) is 0. The summed E-state index contributed by atoms with van der Waals surface area (Å²) in [5.74, 6) is 0. The lowest BCUT2D eigenvalue weighted by molar-refractivity contribution is -0.384. The standard InChI is InChI=1S/C12H10N2O3S/c13-9-1-5-11(6-2-9)18(17)12-7-3-10(4-8-12)14(15)16/h1-8H,13H2/t18-/m1/s1. The molecule has 0 bridgehead atoms. The third-order valence-corrected chi connectivity index (χ3v) is 3.76. The predicted octanol–water partition coefficient (Wildman–Crippen LogP) is 2.34. The van der Waals surface area contributed by atoms with Crippen molar-refractivity contribution in [2.75, 3.05) is 5.73 Å². The number of anilines is 1. The van der Waals surface area contributed by atoms with E-state index in [-0.39, 0.29) is 5.69 Å². The molecule has 0 amide bonds. The maximum Gasteiger partial charge on any atom is 0.269 e. The van der Waals surface area contributed by atoms with Crippen LogP contribution in [0.5, 0.6) is 0 Å². The molecule has 2 aromatic carbocycles. The van der Waals surface area contributed by atoms with Crippen LogP contribution >= 0.6 is 0 Å². The van der Waals surface area contributed by atoms with Gasteiger partial charge in [-0.25, -0.2) is 4.21 Å². The second kappa shape index (κ2) is 4.97. The maximum absolute atomic E-state index is 12.1. The van der Waals surface area contributed by atoms with Gasteiger partial charge in [-0.05, 0) is 36.4 Å². The van der Waals surface area contributed by atoms with E-state index in [4.69, 9.17) is 5.73 Å². The quantitative estimate of drug-likeness (QED) is 0.522. The van der Waals surface area contributed by atoms with Crippen molar-refractivity contribution in [2.45, 2.75) is 9.79 Å². The Hall–Kier alpha value is -2.21. The molecular weight excluding hydrogens is 252 g/mol. The van der Waals surface area contributed by atoms with Gasteiger partial charge in [0.15, 0.2) is 0 Å². The van der Waals surface area contributed by atoms with Gasteiger partial charge in [-0.1, -0.05) is 0 Å². The normalized spacial score (nSPS) is 12.0. The number of nitro groups is 1. The van der Waals surface area contributed by atoms with Gasteiger partial charge in [0.2, 0.25) is 0 Å². The van der Waals surface area contributed by atoms with E-state index in [1.54, 1.807) is 24.3 Å². The Balaban J connectivity index is 2.28. The first-order valence-corrected chi connectivity index (χ1v) is 6.24. The summed E-state index contributed by atoms with van der Waals surface area (Å²) in [6.07, 6.45) is 0. The van der Waals surface area contributed by atoms with E-state index in [0.29, 0.717) is 15.5 Å². The fraction of sp³-hybridized carbons (Fsp3) is 0. The van der Waals surface area contributed by atoms with Gasteiger partial charge in [-0.3, -0.25) is 10.1 Å². The molecule has 0 aliphatic heterocycles. The van der Waals surface area contributed by atoms with Crippen molar-refractivity contribution in [3.8, 4) is 0 Å². The first kappa shape index (κ1) is 12.3. The molecule has 0 unspecified atom stereocenters. The largest absolute Gasteiger partial charge is 0.399 e. The van der Waals surface area contributed by atoms with Gasteiger partial charge >= 0.3 is 0 Å².